The molecule has 5 heteroatoms. The molecule has 0 amide bonds. The molecule has 0 aliphatic heterocycles. The van der Waals surface area contributed by atoms with Crippen LogP contribution in [0.5, 0.6) is 17.2 Å². The van der Waals surface area contributed by atoms with Gasteiger partial charge in [0.25, 0.3) is 0 Å². The van der Waals surface area contributed by atoms with E-state index in [0.29, 0.717) is 22.8 Å². The molecule has 0 aliphatic carbocycles. The second-order valence-corrected chi connectivity index (χ2v) is 6.45. The van der Waals surface area contributed by atoms with E-state index in [2.05, 4.69) is 6.92 Å². The fraction of sp³-hybridized carbons (Fsp3) is 0.250. The minimum Gasteiger partial charge on any atom is -0.493 e. The minimum absolute atomic E-state index is 0.0539. The maximum atomic E-state index is 12.3. The van der Waals surface area contributed by atoms with Crippen molar-refractivity contribution < 1.29 is 19.0 Å². The van der Waals surface area contributed by atoms with E-state index in [0.717, 1.165) is 16.2 Å². The van der Waals surface area contributed by atoms with Gasteiger partial charge in [0.2, 0.25) is 5.75 Å². The lowest BCUT2D eigenvalue weighted by atomic mass is 10.1. The zero-order valence-electron chi connectivity index (χ0n) is 14.9. The molecular weight excluding hydrogens is 336 g/mol. The van der Waals surface area contributed by atoms with Crippen molar-refractivity contribution >= 4 is 23.6 Å². The second kappa shape index (κ2) is 9.18. The Morgan fingerprint density at radius 3 is 2.08 bits per heavy atom. The summed E-state index contributed by atoms with van der Waals surface area (Å²) in [6.45, 7) is 2.10. The normalized spacial score (nSPS) is 10.7. The first kappa shape index (κ1) is 18.9. The van der Waals surface area contributed by atoms with E-state index >= 15 is 0 Å². The molecule has 0 N–H and O–H groups in total. The molecule has 2 aromatic carbocycles. The fourth-order valence-electron chi connectivity index (χ4n) is 2.35. The smallest absolute Gasteiger partial charge is 0.203 e. The molecule has 4 nitrogen and oxygen atoms in total. The highest BCUT2D eigenvalue weighted by Crippen LogP contribution is 2.38. The highest BCUT2D eigenvalue weighted by atomic mass is 32.2. The topological polar surface area (TPSA) is 44.8 Å². The maximum absolute atomic E-state index is 12.3. The first-order chi connectivity index (χ1) is 12.1. The number of rotatable bonds is 8. The van der Waals surface area contributed by atoms with Crippen LogP contribution in [0.3, 0.4) is 0 Å². The number of allylic oxidation sites excluding steroid dienone is 1. The Hall–Kier alpha value is -2.40. The van der Waals surface area contributed by atoms with Gasteiger partial charge in [-0.1, -0.05) is 13.0 Å². The lowest BCUT2D eigenvalue weighted by molar-refractivity contribution is 0.104. The van der Waals surface area contributed by atoms with Crippen molar-refractivity contribution in [3.8, 4) is 17.2 Å². The average Bonchev–Trinajstić information content (AvgIpc) is 2.65. The molecule has 2 rings (SSSR count). The van der Waals surface area contributed by atoms with E-state index in [1.807, 2.05) is 24.3 Å². The Bertz CT molecular complexity index is 726. The number of methoxy groups -OCH3 is 3. The summed E-state index contributed by atoms with van der Waals surface area (Å²) in [6, 6.07) is 11.2. The summed E-state index contributed by atoms with van der Waals surface area (Å²) in [7, 11) is 4.68. The van der Waals surface area contributed by atoms with Crippen molar-refractivity contribution in [2.75, 3.05) is 27.1 Å². The molecule has 0 aliphatic rings. The lowest BCUT2D eigenvalue weighted by Gasteiger charge is -2.12. The fourth-order valence-corrected chi connectivity index (χ4v) is 3.01. The molecule has 0 radical (unpaired) electrons. The van der Waals surface area contributed by atoms with Crippen molar-refractivity contribution in [1.29, 1.82) is 0 Å². The Labute approximate surface area is 152 Å². The van der Waals surface area contributed by atoms with Crippen LogP contribution in [0.15, 0.2) is 47.4 Å². The predicted molar refractivity (Wildman–Crippen MR) is 102 cm³/mol. The largest absolute Gasteiger partial charge is 0.493 e. The lowest BCUT2D eigenvalue weighted by Crippen LogP contribution is -1.96. The Morgan fingerprint density at radius 2 is 1.60 bits per heavy atom. The molecule has 2 aromatic rings. The summed E-state index contributed by atoms with van der Waals surface area (Å²) in [5, 5.41) is 0. The van der Waals surface area contributed by atoms with Gasteiger partial charge in [-0.15, -0.1) is 11.8 Å². The summed E-state index contributed by atoms with van der Waals surface area (Å²) in [6.07, 6.45) is 3.28. The van der Waals surface area contributed by atoms with Gasteiger partial charge < -0.3 is 14.2 Å². The van der Waals surface area contributed by atoms with Crippen molar-refractivity contribution in [2.24, 2.45) is 0 Å². The van der Waals surface area contributed by atoms with Crippen LogP contribution < -0.4 is 14.2 Å². The third-order valence-electron chi connectivity index (χ3n) is 3.56. The SMILES string of the molecule is CCSc1ccc(C(=O)/C=C/c2cc(OC)c(OC)c(OC)c2)cc1. The quantitative estimate of drug-likeness (QED) is 0.388. The van der Waals surface area contributed by atoms with E-state index in [1.54, 1.807) is 57.4 Å². The number of carbonyl (C=O) groups is 1. The number of benzene rings is 2. The van der Waals surface area contributed by atoms with Gasteiger partial charge in [-0.05, 0) is 53.8 Å². The summed E-state index contributed by atoms with van der Waals surface area (Å²) >= 11 is 1.75. The van der Waals surface area contributed by atoms with Gasteiger partial charge in [-0.25, -0.2) is 0 Å². The number of carbonyl (C=O) groups excluding carboxylic acids is 1. The van der Waals surface area contributed by atoms with Gasteiger partial charge >= 0.3 is 0 Å². The van der Waals surface area contributed by atoms with Gasteiger partial charge in [0.1, 0.15) is 0 Å². The molecule has 0 atom stereocenters. The van der Waals surface area contributed by atoms with Crippen molar-refractivity contribution in [3.05, 3.63) is 53.6 Å². The van der Waals surface area contributed by atoms with E-state index in [9.17, 15) is 4.79 Å². The summed E-state index contributed by atoms with van der Waals surface area (Å²) in [5.41, 5.74) is 1.45. The molecule has 25 heavy (non-hydrogen) atoms. The van der Waals surface area contributed by atoms with Crippen LogP contribution in [0.2, 0.25) is 0 Å². The van der Waals surface area contributed by atoms with Crippen LogP contribution in [0, 0.1) is 0 Å². The number of hydrogen-bond donors (Lipinski definition) is 0. The summed E-state index contributed by atoms with van der Waals surface area (Å²) < 4.78 is 15.9. The Kier molecular flexibility index (Phi) is 6.95. The zero-order chi connectivity index (χ0) is 18.2. The Balaban J connectivity index is 2.21. The summed E-state index contributed by atoms with van der Waals surface area (Å²) in [4.78, 5) is 13.5. The van der Waals surface area contributed by atoms with Crippen LogP contribution in [0.25, 0.3) is 6.08 Å². The van der Waals surface area contributed by atoms with Crippen molar-refractivity contribution in [3.63, 3.8) is 0 Å². The van der Waals surface area contributed by atoms with E-state index in [4.69, 9.17) is 14.2 Å². The molecule has 0 bridgehead atoms. The number of hydrogen-bond acceptors (Lipinski definition) is 5. The second-order valence-electron chi connectivity index (χ2n) is 5.11. The van der Waals surface area contributed by atoms with Crippen LogP contribution in [0.1, 0.15) is 22.8 Å². The number of ether oxygens (including phenoxy) is 3. The molecule has 0 saturated carbocycles. The Morgan fingerprint density at radius 1 is 1.00 bits per heavy atom. The van der Waals surface area contributed by atoms with Gasteiger partial charge in [-0.2, -0.15) is 0 Å². The molecule has 0 unspecified atom stereocenters. The number of thioether (sulfide) groups is 1. The highest BCUT2D eigenvalue weighted by Gasteiger charge is 2.12. The van der Waals surface area contributed by atoms with Gasteiger partial charge in [0, 0.05) is 10.5 Å². The van der Waals surface area contributed by atoms with Gasteiger partial charge in [0.05, 0.1) is 21.3 Å². The third-order valence-corrected chi connectivity index (χ3v) is 4.46. The van der Waals surface area contributed by atoms with Crippen LogP contribution in [-0.4, -0.2) is 32.9 Å². The minimum atomic E-state index is -0.0539. The third kappa shape index (κ3) is 4.79. The van der Waals surface area contributed by atoms with Crippen molar-refractivity contribution in [1.82, 2.24) is 0 Å². The first-order valence-corrected chi connectivity index (χ1v) is 8.86. The number of ketones is 1. The highest BCUT2D eigenvalue weighted by molar-refractivity contribution is 7.99. The summed E-state index contributed by atoms with van der Waals surface area (Å²) in [5.74, 6) is 2.58. The zero-order valence-corrected chi connectivity index (χ0v) is 15.7. The molecular formula is C20H22O4S. The monoisotopic (exact) mass is 358 g/mol. The molecule has 132 valence electrons. The van der Waals surface area contributed by atoms with Crippen LogP contribution in [-0.2, 0) is 0 Å². The molecule has 0 aromatic heterocycles. The molecule has 0 saturated heterocycles. The maximum Gasteiger partial charge on any atom is 0.203 e. The molecule has 0 spiro atoms. The van der Waals surface area contributed by atoms with Crippen LogP contribution in [0.4, 0.5) is 0 Å². The molecule has 0 heterocycles. The standard InChI is InChI=1S/C20H22O4S/c1-5-25-16-9-7-15(8-10-16)17(21)11-6-14-12-18(22-2)20(24-4)19(13-14)23-3/h6-13H,5H2,1-4H3/b11-6+. The van der Waals surface area contributed by atoms with Crippen LogP contribution >= 0.6 is 11.8 Å². The van der Waals surface area contributed by atoms with E-state index in [1.165, 1.54) is 0 Å². The van der Waals surface area contributed by atoms with E-state index in [-0.39, 0.29) is 5.78 Å². The average molecular weight is 358 g/mol. The molecule has 0 fully saturated rings. The first-order valence-electron chi connectivity index (χ1n) is 7.88. The van der Waals surface area contributed by atoms with Crippen molar-refractivity contribution in [2.45, 2.75) is 11.8 Å². The van der Waals surface area contributed by atoms with Gasteiger partial charge in [0.15, 0.2) is 17.3 Å². The van der Waals surface area contributed by atoms with Gasteiger partial charge in [-0.3, -0.25) is 4.79 Å². The van der Waals surface area contributed by atoms with E-state index < -0.39 is 0 Å². The predicted octanol–water partition coefficient (Wildman–Crippen LogP) is 4.72.